The molecule has 0 amide bonds. The number of benzene rings is 1. The number of hydrogen-bond donors (Lipinski definition) is 2. The van der Waals surface area contributed by atoms with Crippen LogP contribution in [0.25, 0.3) is 0 Å². The van der Waals surface area contributed by atoms with E-state index >= 15 is 0 Å². The first kappa shape index (κ1) is 14.8. The molecule has 0 radical (unpaired) electrons. The standard InChI is InChI=1S/C16H23NO/c1-5-6-13(4)17-11-16(18)15-9-7-14(8-10-15)12(2)3/h1,7-10,12-13,16-18H,6,11H2,2-4H3. The van der Waals surface area contributed by atoms with Crippen molar-refractivity contribution >= 4 is 0 Å². The van der Waals surface area contributed by atoms with E-state index < -0.39 is 6.10 Å². The molecule has 0 bridgehead atoms. The fourth-order valence-electron chi connectivity index (χ4n) is 1.78. The van der Waals surface area contributed by atoms with E-state index in [9.17, 15) is 5.11 Å². The molecule has 1 rings (SSSR count). The van der Waals surface area contributed by atoms with Crippen molar-refractivity contribution in [3.05, 3.63) is 35.4 Å². The number of hydrogen-bond acceptors (Lipinski definition) is 2. The van der Waals surface area contributed by atoms with Gasteiger partial charge in [-0.25, -0.2) is 0 Å². The summed E-state index contributed by atoms with van der Waals surface area (Å²) >= 11 is 0. The Morgan fingerprint density at radius 3 is 2.22 bits per heavy atom. The molecular weight excluding hydrogens is 222 g/mol. The van der Waals surface area contributed by atoms with Crippen LogP contribution in [0.3, 0.4) is 0 Å². The van der Waals surface area contributed by atoms with Gasteiger partial charge in [0.15, 0.2) is 0 Å². The second-order valence-corrected chi connectivity index (χ2v) is 5.05. The Balaban J connectivity index is 2.51. The van der Waals surface area contributed by atoms with Gasteiger partial charge in [0.1, 0.15) is 0 Å². The number of nitrogens with one attached hydrogen (secondary N) is 1. The van der Waals surface area contributed by atoms with E-state index in [0.29, 0.717) is 18.9 Å². The molecule has 18 heavy (non-hydrogen) atoms. The number of terminal acetylenes is 1. The Morgan fingerprint density at radius 1 is 1.17 bits per heavy atom. The van der Waals surface area contributed by atoms with Crippen LogP contribution in [0.1, 0.15) is 50.3 Å². The molecule has 2 unspecified atom stereocenters. The summed E-state index contributed by atoms with van der Waals surface area (Å²) in [6.45, 7) is 6.88. The molecule has 1 aromatic carbocycles. The monoisotopic (exact) mass is 245 g/mol. The maximum atomic E-state index is 10.1. The van der Waals surface area contributed by atoms with Gasteiger partial charge >= 0.3 is 0 Å². The highest BCUT2D eigenvalue weighted by molar-refractivity contribution is 5.26. The van der Waals surface area contributed by atoms with Crippen molar-refractivity contribution in [1.82, 2.24) is 5.32 Å². The molecule has 0 aromatic heterocycles. The maximum absolute atomic E-state index is 10.1. The van der Waals surface area contributed by atoms with E-state index in [1.165, 1.54) is 5.56 Å². The predicted molar refractivity (Wildman–Crippen MR) is 76.4 cm³/mol. The molecule has 2 atom stereocenters. The van der Waals surface area contributed by atoms with E-state index in [1.54, 1.807) is 0 Å². The maximum Gasteiger partial charge on any atom is 0.0914 e. The lowest BCUT2D eigenvalue weighted by Crippen LogP contribution is -2.30. The largest absolute Gasteiger partial charge is 0.387 e. The first-order valence-corrected chi connectivity index (χ1v) is 6.49. The summed E-state index contributed by atoms with van der Waals surface area (Å²) in [7, 11) is 0. The average Bonchev–Trinajstić information content (AvgIpc) is 2.36. The minimum atomic E-state index is -0.480. The fraction of sp³-hybridized carbons (Fsp3) is 0.500. The van der Waals surface area contributed by atoms with Crippen LogP contribution in [-0.4, -0.2) is 17.7 Å². The van der Waals surface area contributed by atoms with Crippen molar-refractivity contribution in [2.75, 3.05) is 6.54 Å². The Bertz CT molecular complexity index is 389. The summed E-state index contributed by atoms with van der Waals surface area (Å²) < 4.78 is 0. The normalized spacial score (nSPS) is 14.2. The smallest absolute Gasteiger partial charge is 0.0914 e. The first-order valence-electron chi connectivity index (χ1n) is 6.49. The number of rotatable bonds is 6. The van der Waals surface area contributed by atoms with E-state index in [1.807, 2.05) is 19.1 Å². The van der Waals surface area contributed by atoms with Crippen molar-refractivity contribution in [2.45, 2.75) is 45.3 Å². The molecule has 0 aliphatic carbocycles. The van der Waals surface area contributed by atoms with Gasteiger partial charge in [0.05, 0.1) is 6.10 Å². The molecule has 0 aliphatic rings. The van der Waals surface area contributed by atoms with E-state index in [4.69, 9.17) is 6.42 Å². The van der Waals surface area contributed by atoms with Crippen LogP contribution in [-0.2, 0) is 0 Å². The molecule has 1 aromatic rings. The topological polar surface area (TPSA) is 32.3 Å². The van der Waals surface area contributed by atoms with Gasteiger partial charge < -0.3 is 10.4 Å². The Kier molecular flexibility index (Phi) is 5.91. The number of aliphatic hydroxyl groups excluding tert-OH is 1. The van der Waals surface area contributed by atoms with Gasteiger partial charge in [-0.05, 0) is 24.0 Å². The molecule has 2 heteroatoms. The lowest BCUT2D eigenvalue weighted by Gasteiger charge is -2.16. The molecular formula is C16H23NO. The molecule has 0 spiro atoms. The minimum absolute atomic E-state index is 0.236. The third-order valence-corrected chi connectivity index (χ3v) is 3.07. The van der Waals surface area contributed by atoms with Crippen molar-refractivity contribution in [3.8, 4) is 12.3 Å². The summed E-state index contributed by atoms with van der Waals surface area (Å²) in [6, 6.07) is 8.38. The van der Waals surface area contributed by atoms with Gasteiger partial charge in [0.2, 0.25) is 0 Å². The van der Waals surface area contributed by atoms with E-state index in [-0.39, 0.29) is 6.04 Å². The van der Waals surface area contributed by atoms with Crippen LogP contribution in [0.5, 0.6) is 0 Å². The molecule has 0 aliphatic heterocycles. The Morgan fingerprint density at radius 2 is 1.72 bits per heavy atom. The zero-order valence-corrected chi connectivity index (χ0v) is 11.5. The van der Waals surface area contributed by atoms with Gasteiger partial charge in [-0.15, -0.1) is 12.3 Å². The summed E-state index contributed by atoms with van der Waals surface area (Å²) in [5, 5.41) is 13.3. The molecule has 2 N–H and O–H groups in total. The van der Waals surface area contributed by atoms with Gasteiger partial charge in [-0.2, -0.15) is 0 Å². The Labute approximate surface area is 110 Å². The molecule has 0 fully saturated rings. The highest BCUT2D eigenvalue weighted by Crippen LogP contribution is 2.18. The van der Waals surface area contributed by atoms with Gasteiger partial charge in [0, 0.05) is 19.0 Å². The first-order chi connectivity index (χ1) is 8.54. The lowest BCUT2D eigenvalue weighted by atomic mass is 10.00. The van der Waals surface area contributed by atoms with Gasteiger partial charge in [-0.1, -0.05) is 38.1 Å². The van der Waals surface area contributed by atoms with Crippen LogP contribution in [0, 0.1) is 12.3 Å². The van der Waals surface area contributed by atoms with Crippen molar-refractivity contribution in [1.29, 1.82) is 0 Å². The highest BCUT2D eigenvalue weighted by atomic mass is 16.3. The molecule has 0 heterocycles. The Hall–Kier alpha value is -1.30. The summed E-state index contributed by atoms with van der Waals surface area (Å²) in [5.74, 6) is 3.13. The van der Waals surface area contributed by atoms with Crippen LogP contribution < -0.4 is 5.32 Å². The second kappa shape index (κ2) is 7.20. The quantitative estimate of drug-likeness (QED) is 0.755. The zero-order chi connectivity index (χ0) is 13.5. The molecule has 98 valence electrons. The highest BCUT2D eigenvalue weighted by Gasteiger charge is 2.09. The van der Waals surface area contributed by atoms with Crippen LogP contribution in [0.15, 0.2) is 24.3 Å². The van der Waals surface area contributed by atoms with Crippen molar-refractivity contribution in [2.24, 2.45) is 0 Å². The predicted octanol–water partition coefficient (Wildman–Crippen LogP) is 2.84. The van der Waals surface area contributed by atoms with Gasteiger partial charge in [-0.3, -0.25) is 0 Å². The van der Waals surface area contributed by atoms with Crippen LogP contribution in [0.2, 0.25) is 0 Å². The molecule has 0 saturated heterocycles. The SMILES string of the molecule is C#CCC(C)NCC(O)c1ccc(C(C)C)cc1. The van der Waals surface area contributed by atoms with E-state index in [0.717, 1.165) is 5.56 Å². The van der Waals surface area contributed by atoms with Gasteiger partial charge in [0.25, 0.3) is 0 Å². The van der Waals surface area contributed by atoms with Crippen LogP contribution >= 0.6 is 0 Å². The summed E-state index contributed by atoms with van der Waals surface area (Å²) in [6.07, 6.45) is 5.44. The third kappa shape index (κ3) is 4.52. The second-order valence-electron chi connectivity index (χ2n) is 5.05. The molecule has 2 nitrogen and oxygen atoms in total. The lowest BCUT2D eigenvalue weighted by molar-refractivity contribution is 0.171. The fourth-order valence-corrected chi connectivity index (χ4v) is 1.78. The molecule has 0 saturated carbocycles. The number of aliphatic hydroxyl groups is 1. The minimum Gasteiger partial charge on any atom is -0.387 e. The van der Waals surface area contributed by atoms with E-state index in [2.05, 4.69) is 37.2 Å². The average molecular weight is 245 g/mol. The van der Waals surface area contributed by atoms with Crippen molar-refractivity contribution in [3.63, 3.8) is 0 Å². The third-order valence-electron chi connectivity index (χ3n) is 3.07. The van der Waals surface area contributed by atoms with Crippen molar-refractivity contribution < 1.29 is 5.11 Å². The van der Waals surface area contributed by atoms with Crippen LogP contribution in [0.4, 0.5) is 0 Å². The summed E-state index contributed by atoms with van der Waals surface area (Å²) in [4.78, 5) is 0. The zero-order valence-electron chi connectivity index (χ0n) is 11.5. The summed E-state index contributed by atoms with van der Waals surface area (Å²) in [5.41, 5.74) is 2.24.